The summed E-state index contributed by atoms with van der Waals surface area (Å²) in [6.45, 7) is 7.42. The third kappa shape index (κ3) is 5.59. The molecule has 1 saturated heterocycles. The Balaban J connectivity index is 2.01. The lowest BCUT2D eigenvalue weighted by atomic mass is 10.1. The van der Waals surface area contributed by atoms with Crippen LogP contribution in [0.3, 0.4) is 0 Å². The molecule has 0 aliphatic carbocycles. The number of amides is 2. The first-order valence-electron chi connectivity index (χ1n) is 8.43. The van der Waals surface area contributed by atoms with Crippen molar-refractivity contribution in [2.45, 2.75) is 39.7 Å². The van der Waals surface area contributed by atoms with Gasteiger partial charge in [0, 0.05) is 12.6 Å². The highest BCUT2D eigenvalue weighted by molar-refractivity contribution is 8.18. The summed E-state index contributed by atoms with van der Waals surface area (Å²) in [7, 11) is 0. The highest BCUT2D eigenvalue weighted by Gasteiger charge is 2.34. The lowest BCUT2D eigenvalue weighted by molar-refractivity contribution is -0.148. The zero-order valence-corrected chi connectivity index (χ0v) is 16.3. The largest absolute Gasteiger partial charge is 0.457 e. The summed E-state index contributed by atoms with van der Waals surface area (Å²) in [5.41, 5.74) is 1.50. The fraction of sp³-hybridized carbons (Fsp3) is 0.350. The number of esters is 1. The normalized spacial score (nSPS) is 16.8. The number of hydrogen-bond acceptors (Lipinski definition) is 5. The third-order valence-electron chi connectivity index (χ3n) is 3.51. The fourth-order valence-electron chi connectivity index (χ4n) is 2.25. The van der Waals surface area contributed by atoms with Crippen molar-refractivity contribution in [3.63, 3.8) is 0 Å². The van der Waals surface area contributed by atoms with Crippen LogP contribution in [0.4, 0.5) is 4.79 Å². The second-order valence-corrected chi connectivity index (χ2v) is 7.82. The number of aryl methyl sites for hydroxylation is 1. The van der Waals surface area contributed by atoms with Crippen molar-refractivity contribution < 1.29 is 19.1 Å². The monoisotopic (exact) mass is 373 g/mol. The Morgan fingerprint density at radius 3 is 2.42 bits per heavy atom. The minimum atomic E-state index is -0.584. The van der Waals surface area contributed by atoms with E-state index in [2.05, 4.69) is 6.92 Å². The average molecular weight is 373 g/mol. The van der Waals surface area contributed by atoms with Crippen LogP contribution in [-0.4, -0.2) is 34.2 Å². The molecule has 0 spiro atoms. The van der Waals surface area contributed by atoms with E-state index in [0.717, 1.165) is 28.6 Å². The standard InChI is InChI=1S/C20H23NO4S/c1-5-14-8-10-15(11-9-14)13-16-18(23)21(19(24)26-16)12-6-7-17(22)25-20(2,3)4/h6-11,13H,5,12H2,1-4H3/b7-6+,16-13-. The maximum atomic E-state index is 12.4. The van der Waals surface area contributed by atoms with Crippen LogP contribution in [0, 0.1) is 0 Å². The summed E-state index contributed by atoms with van der Waals surface area (Å²) in [4.78, 5) is 37.6. The van der Waals surface area contributed by atoms with Crippen LogP contribution in [0.15, 0.2) is 41.3 Å². The molecule has 0 N–H and O–H groups in total. The number of imide groups is 1. The van der Waals surface area contributed by atoms with Crippen LogP contribution in [-0.2, 0) is 20.7 Å². The summed E-state index contributed by atoms with van der Waals surface area (Å²) in [6, 6.07) is 7.85. The van der Waals surface area contributed by atoms with E-state index in [9.17, 15) is 14.4 Å². The van der Waals surface area contributed by atoms with Gasteiger partial charge in [-0.3, -0.25) is 14.5 Å². The van der Waals surface area contributed by atoms with Gasteiger partial charge in [-0.05, 0) is 56.2 Å². The number of benzene rings is 1. The fourth-order valence-corrected chi connectivity index (χ4v) is 3.10. The van der Waals surface area contributed by atoms with Crippen LogP contribution in [0.25, 0.3) is 6.08 Å². The van der Waals surface area contributed by atoms with Gasteiger partial charge in [0.1, 0.15) is 5.60 Å². The molecule has 1 aromatic rings. The summed E-state index contributed by atoms with van der Waals surface area (Å²) < 4.78 is 5.14. The van der Waals surface area contributed by atoms with E-state index in [0.29, 0.717) is 4.91 Å². The predicted octanol–water partition coefficient (Wildman–Crippen LogP) is 4.18. The minimum absolute atomic E-state index is 0.0377. The molecule has 0 saturated carbocycles. The van der Waals surface area contributed by atoms with E-state index in [4.69, 9.17) is 4.74 Å². The van der Waals surface area contributed by atoms with Gasteiger partial charge in [-0.15, -0.1) is 0 Å². The van der Waals surface area contributed by atoms with Crippen LogP contribution >= 0.6 is 11.8 Å². The minimum Gasteiger partial charge on any atom is -0.457 e. The molecule has 0 bridgehead atoms. The lowest BCUT2D eigenvalue weighted by Crippen LogP contribution is -2.28. The predicted molar refractivity (Wildman–Crippen MR) is 103 cm³/mol. The molecule has 1 aliphatic rings. The Labute approximate surface area is 158 Å². The number of thioether (sulfide) groups is 1. The van der Waals surface area contributed by atoms with Crippen molar-refractivity contribution in [3.05, 3.63) is 52.4 Å². The van der Waals surface area contributed by atoms with Gasteiger partial charge < -0.3 is 4.74 Å². The van der Waals surface area contributed by atoms with E-state index < -0.39 is 11.6 Å². The molecular formula is C20H23NO4S. The molecule has 1 aliphatic heterocycles. The lowest BCUT2D eigenvalue weighted by Gasteiger charge is -2.18. The summed E-state index contributed by atoms with van der Waals surface area (Å²) in [5.74, 6) is -0.857. The van der Waals surface area contributed by atoms with E-state index in [1.54, 1.807) is 26.8 Å². The first-order chi connectivity index (χ1) is 12.2. The van der Waals surface area contributed by atoms with Crippen LogP contribution in [0.1, 0.15) is 38.8 Å². The Hall–Kier alpha value is -2.34. The summed E-state index contributed by atoms with van der Waals surface area (Å²) >= 11 is 0.904. The first kappa shape index (κ1) is 20.0. The van der Waals surface area contributed by atoms with Crippen molar-refractivity contribution in [2.24, 2.45) is 0 Å². The summed E-state index contributed by atoms with van der Waals surface area (Å²) in [5, 5.41) is -0.347. The maximum absolute atomic E-state index is 12.4. The van der Waals surface area contributed by atoms with Gasteiger partial charge >= 0.3 is 5.97 Å². The number of carbonyl (C=O) groups is 3. The van der Waals surface area contributed by atoms with Gasteiger partial charge in [-0.1, -0.05) is 37.3 Å². The second-order valence-electron chi connectivity index (χ2n) is 6.82. The Morgan fingerprint density at radius 1 is 1.19 bits per heavy atom. The quantitative estimate of drug-likeness (QED) is 0.572. The molecule has 2 amide bonds. The van der Waals surface area contributed by atoms with Gasteiger partial charge in [0.25, 0.3) is 11.1 Å². The second kappa shape index (κ2) is 8.36. The number of hydrogen-bond donors (Lipinski definition) is 0. The van der Waals surface area contributed by atoms with Gasteiger partial charge in [0.05, 0.1) is 4.91 Å². The molecule has 26 heavy (non-hydrogen) atoms. The number of rotatable bonds is 5. The molecule has 1 aromatic carbocycles. The third-order valence-corrected chi connectivity index (χ3v) is 4.42. The Morgan fingerprint density at radius 2 is 1.85 bits per heavy atom. The molecular weight excluding hydrogens is 350 g/mol. The van der Waals surface area contributed by atoms with Gasteiger partial charge in [0.15, 0.2) is 0 Å². The van der Waals surface area contributed by atoms with Crippen LogP contribution in [0.2, 0.25) is 0 Å². The molecule has 138 valence electrons. The highest BCUT2D eigenvalue weighted by atomic mass is 32.2. The number of ether oxygens (including phenoxy) is 1. The summed E-state index contributed by atoms with van der Waals surface area (Å²) in [6.07, 6.45) is 5.35. The van der Waals surface area contributed by atoms with E-state index in [1.165, 1.54) is 17.7 Å². The Kier molecular flexibility index (Phi) is 6.42. The van der Waals surface area contributed by atoms with Crippen molar-refractivity contribution in [1.29, 1.82) is 0 Å². The zero-order valence-electron chi connectivity index (χ0n) is 15.4. The molecule has 6 heteroatoms. The van der Waals surface area contributed by atoms with Crippen molar-refractivity contribution in [1.82, 2.24) is 4.90 Å². The molecule has 1 heterocycles. The first-order valence-corrected chi connectivity index (χ1v) is 9.25. The van der Waals surface area contributed by atoms with Crippen molar-refractivity contribution >= 4 is 35.0 Å². The zero-order chi connectivity index (χ0) is 19.3. The topological polar surface area (TPSA) is 63.7 Å². The van der Waals surface area contributed by atoms with E-state index >= 15 is 0 Å². The maximum Gasteiger partial charge on any atom is 0.331 e. The van der Waals surface area contributed by atoms with Crippen molar-refractivity contribution in [3.8, 4) is 0 Å². The number of carbonyl (C=O) groups excluding carboxylic acids is 3. The smallest absolute Gasteiger partial charge is 0.331 e. The van der Waals surface area contributed by atoms with E-state index in [-0.39, 0.29) is 17.7 Å². The molecule has 0 aromatic heterocycles. The number of nitrogens with zero attached hydrogens (tertiary/aromatic N) is 1. The SMILES string of the molecule is CCc1ccc(/C=C2\SC(=O)N(C/C=C/C(=O)OC(C)(C)C)C2=O)cc1. The molecule has 5 nitrogen and oxygen atoms in total. The molecule has 0 unspecified atom stereocenters. The van der Waals surface area contributed by atoms with Gasteiger partial charge in [-0.2, -0.15) is 0 Å². The van der Waals surface area contributed by atoms with E-state index in [1.807, 2.05) is 24.3 Å². The van der Waals surface area contributed by atoms with Crippen LogP contribution < -0.4 is 0 Å². The van der Waals surface area contributed by atoms with Crippen LogP contribution in [0.5, 0.6) is 0 Å². The Bertz CT molecular complexity index is 757. The van der Waals surface area contributed by atoms with Crippen molar-refractivity contribution in [2.75, 3.05) is 6.54 Å². The molecule has 2 rings (SSSR count). The average Bonchev–Trinajstić information content (AvgIpc) is 2.81. The molecule has 0 atom stereocenters. The highest BCUT2D eigenvalue weighted by Crippen LogP contribution is 2.32. The van der Waals surface area contributed by atoms with Gasteiger partial charge in [-0.25, -0.2) is 4.79 Å². The van der Waals surface area contributed by atoms with Gasteiger partial charge in [0.2, 0.25) is 0 Å². The molecule has 0 radical (unpaired) electrons. The molecule has 1 fully saturated rings.